The smallest absolute Gasteiger partial charge is 0.304 e. The van der Waals surface area contributed by atoms with Crippen LogP contribution in [0.5, 0.6) is 11.5 Å². The van der Waals surface area contributed by atoms with Gasteiger partial charge in [0.05, 0.1) is 13.0 Å². The molecular weight excluding hydrogens is 360 g/mol. The van der Waals surface area contributed by atoms with Crippen LogP contribution in [-0.2, 0) is 23.2 Å². The molecule has 2 heterocycles. The third-order valence-electron chi connectivity index (χ3n) is 7.70. The summed E-state index contributed by atoms with van der Waals surface area (Å²) in [7, 11) is 2.19. The minimum Gasteiger partial charge on any atom is -0.504 e. The molecule has 1 saturated heterocycles. The number of aliphatic hydroxyl groups is 1. The number of phenols is 1. The lowest BCUT2D eigenvalue weighted by molar-refractivity contribution is -0.137. The number of aliphatic carboxylic acids is 1. The highest BCUT2D eigenvalue weighted by molar-refractivity contribution is 5.67. The summed E-state index contributed by atoms with van der Waals surface area (Å²) in [5.41, 5.74) is 2.74. The SMILES string of the molecule is CN1CC[C@]23c4c5cc(CO)c(O)c4OC2C(NCCC(=O)O)CC[C@H]3[C@H]1C5. The topological polar surface area (TPSA) is 102 Å². The van der Waals surface area contributed by atoms with Crippen LogP contribution in [0.15, 0.2) is 6.07 Å². The normalized spacial score (nSPS) is 35.4. The third-order valence-corrected chi connectivity index (χ3v) is 7.70. The van der Waals surface area contributed by atoms with Gasteiger partial charge < -0.3 is 30.3 Å². The summed E-state index contributed by atoms with van der Waals surface area (Å²) in [4.78, 5) is 13.4. The highest BCUT2D eigenvalue weighted by atomic mass is 16.5. The molecule has 4 aliphatic rings. The number of piperidine rings is 1. The fraction of sp³-hybridized carbons (Fsp3) is 0.667. The first-order valence-electron chi connectivity index (χ1n) is 10.3. The van der Waals surface area contributed by atoms with Gasteiger partial charge in [-0.15, -0.1) is 0 Å². The Labute approximate surface area is 164 Å². The van der Waals surface area contributed by atoms with Crippen LogP contribution in [0.3, 0.4) is 0 Å². The molecule has 1 saturated carbocycles. The first kappa shape index (κ1) is 18.2. The van der Waals surface area contributed by atoms with Crippen LogP contribution < -0.4 is 10.1 Å². The van der Waals surface area contributed by atoms with Crippen LogP contribution in [0.25, 0.3) is 0 Å². The molecule has 0 amide bonds. The fourth-order valence-electron chi connectivity index (χ4n) is 6.57. The monoisotopic (exact) mass is 388 g/mol. The molecule has 4 N–H and O–H groups in total. The van der Waals surface area contributed by atoms with Crippen molar-refractivity contribution in [1.29, 1.82) is 0 Å². The van der Waals surface area contributed by atoms with E-state index in [1.54, 1.807) is 0 Å². The number of rotatable bonds is 5. The number of carbonyl (C=O) groups is 1. The summed E-state index contributed by atoms with van der Waals surface area (Å²) in [6.45, 7) is 1.20. The summed E-state index contributed by atoms with van der Waals surface area (Å²) in [5.74, 6) is 0.304. The Hall–Kier alpha value is -1.83. The number of hydrogen-bond donors (Lipinski definition) is 4. The first-order valence-corrected chi connectivity index (χ1v) is 10.3. The number of aromatic hydroxyl groups is 1. The van der Waals surface area contributed by atoms with E-state index in [4.69, 9.17) is 9.84 Å². The standard InChI is InChI=1S/C21H28N2O5/c1-23-7-5-21-13-2-3-14(22-6-4-16(25)26)20(21)28-19-17(21)11(9-15(13)23)8-12(10-24)18(19)27/h8,13-15,20,22,24,27H,2-7,9-10H2,1H3,(H,25,26)/t13-,14?,15+,20?,21-/m0/s1. The summed E-state index contributed by atoms with van der Waals surface area (Å²) in [6.07, 6.45) is 3.89. The number of carboxylic acid groups (broad SMARTS) is 1. The van der Waals surface area contributed by atoms with E-state index in [1.807, 2.05) is 6.07 Å². The van der Waals surface area contributed by atoms with E-state index >= 15 is 0 Å². The zero-order chi connectivity index (χ0) is 19.6. The van der Waals surface area contributed by atoms with Crippen LogP contribution in [0.1, 0.15) is 42.4 Å². The van der Waals surface area contributed by atoms with Gasteiger partial charge in [0.1, 0.15) is 6.10 Å². The maximum atomic E-state index is 10.9. The van der Waals surface area contributed by atoms with Crippen molar-refractivity contribution in [3.8, 4) is 11.5 Å². The van der Waals surface area contributed by atoms with Crippen LogP contribution >= 0.6 is 0 Å². The van der Waals surface area contributed by atoms with Gasteiger partial charge in [-0.2, -0.15) is 0 Å². The van der Waals surface area contributed by atoms with Gasteiger partial charge in [-0.1, -0.05) is 0 Å². The Balaban J connectivity index is 1.60. The highest BCUT2D eigenvalue weighted by Gasteiger charge is 2.65. The van der Waals surface area contributed by atoms with Crippen molar-refractivity contribution in [2.75, 3.05) is 20.1 Å². The minimum absolute atomic E-state index is 0.0648. The Kier molecular flexibility index (Phi) is 4.12. The predicted molar refractivity (Wildman–Crippen MR) is 102 cm³/mol. The number of likely N-dealkylation sites (N-methyl/N-ethyl adjacent to an activating group) is 1. The molecule has 5 rings (SSSR count). The molecule has 2 fully saturated rings. The second-order valence-corrected chi connectivity index (χ2v) is 8.87. The second-order valence-electron chi connectivity index (χ2n) is 8.87. The Bertz CT molecular complexity index is 828. The fourth-order valence-corrected chi connectivity index (χ4v) is 6.57. The molecule has 1 aromatic carbocycles. The average Bonchev–Trinajstić information content (AvgIpc) is 3.02. The van der Waals surface area contributed by atoms with Crippen molar-refractivity contribution in [3.63, 3.8) is 0 Å². The minimum atomic E-state index is -0.806. The average molecular weight is 388 g/mol. The molecule has 0 radical (unpaired) electrons. The zero-order valence-electron chi connectivity index (χ0n) is 16.1. The van der Waals surface area contributed by atoms with Gasteiger partial charge in [0.2, 0.25) is 0 Å². The van der Waals surface area contributed by atoms with Crippen molar-refractivity contribution >= 4 is 5.97 Å². The third kappa shape index (κ3) is 2.30. The van der Waals surface area contributed by atoms with Crippen LogP contribution in [0.2, 0.25) is 0 Å². The van der Waals surface area contributed by atoms with Crippen molar-refractivity contribution in [3.05, 3.63) is 22.8 Å². The van der Waals surface area contributed by atoms with Gasteiger partial charge in [0, 0.05) is 35.2 Å². The molecule has 7 heteroatoms. The van der Waals surface area contributed by atoms with Gasteiger partial charge >= 0.3 is 5.97 Å². The molecule has 2 bridgehead atoms. The predicted octanol–water partition coefficient (Wildman–Crippen LogP) is 0.986. The maximum absolute atomic E-state index is 10.9. The van der Waals surface area contributed by atoms with Crippen molar-refractivity contribution < 1.29 is 24.9 Å². The largest absolute Gasteiger partial charge is 0.504 e. The molecule has 1 spiro atoms. The van der Waals surface area contributed by atoms with Gasteiger partial charge in [-0.05, 0) is 56.8 Å². The Morgan fingerprint density at radius 1 is 1.43 bits per heavy atom. The molecule has 1 aromatic rings. The Morgan fingerprint density at radius 2 is 2.25 bits per heavy atom. The highest BCUT2D eigenvalue weighted by Crippen LogP contribution is 2.64. The van der Waals surface area contributed by atoms with E-state index < -0.39 is 5.97 Å². The van der Waals surface area contributed by atoms with E-state index in [0.717, 1.165) is 37.8 Å². The van der Waals surface area contributed by atoms with Crippen LogP contribution in [0.4, 0.5) is 0 Å². The summed E-state index contributed by atoms with van der Waals surface area (Å²) in [5, 5.41) is 32.9. The lowest BCUT2D eigenvalue weighted by atomic mass is 9.51. The number of likely N-dealkylation sites (tertiary alicyclic amines) is 1. The summed E-state index contributed by atoms with van der Waals surface area (Å²) in [6, 6.07) is 2.47. The number of carboxylic acids is 1. The zero-order valence-corrected chi connectivity index (χ0v) is 16.1. The first-order chi connectivity index (χ1) is 13.5. The molecule has 7 nitrogen and oxygen atoms in total. The number of benzene rings is 1. The molecule has 2 aliphatic heterocycles. The second kappa shape index (κ2) is 6.34. The summed E-state index contributed by atoms with van der Waals surface area (Å²) < 4.78 is 6.47. The molecule has 0 aromatic heterocycles. The quantitative estimate of drug-likeness (QED) is 0.596. The molecule has 2 unspecified atom stereocenters. The molecule has 28 heavy (non-hydrogen) atoms. The van der Waals surface area contributed by atoms with Crippen molar-refractivity contribution in [2.45, 2.75) is 62.3 Å². The van der Waals surface area contributed by atoms with Gasteiger partial charge in [-0.3, -0.25) is 4.79 Å². The van der Waals surface area contributed by atoms with E-state index in [2.05, 4.69) is 17.3 Å². The lowest BCUT2D eigenvalue weighted by Gasteiger charge is -2.59. The molecule has 5 atom stereocenters. The van der Waals surface area contributed by atoms with Crippen molar-refractivity contribution in [2.24, 2.45) is 5.92 Å². The van der Waals surface area contributed by atoms with Gasteiger partial charge in [0.25, 0.3) is 0 Å². The van der Waals surface area contributed by atoms with Crippen LogP contribution in [0, 0.1) is 5.92 Å². The maximum Gasteiger partial charge on any atom is 0.304 e. The Morgan fingerprint density at radius 3 is 3.00 bits per heavy atom. The molecule has 152 valence electrons. The number of hydrogen-bond acceptors (Lipinski definition) is 6. The number of nitrogens with zero attached hydrogens (tertiary/aromatic N) is 1. The number of nitrogens with one attached hydrogen (secondary N) is 1. The van der Waals surface area contributed by atoms with Gasteiger partial charge in [0.15, 0.2) is 11.5 Å². The van der Waals surface area contributed by atoms with E-state index in [1.165, 1.54) is 5.56 Å². The van der Waals surface area contributed by atoms with Gasteiger partial charge in [-0.25, -0.2) is 0 Å². The van der Waals surface area contributed by atoms with E-state index in [0.29, 0.717) is 29.8 Å². The van der Waals surface area contributed by atoms with E-state index in [-0.39, 0.29) is 36.3 Å². The van der Waals surface area contributed by atoms with Crippen LogP contribution in [-0.4, -0.2) is 64.5 Å². The number of ether oxygens (including phenoxy) is 1. The lowest BCUT2D eigenvalue weighted by Crippen LogP contribution is -2.68. The van der Waals surface area contributed by atoms with Crippen molar-refractivity contribution in [1.82, 2.24) is 10.2 Å². The molecular formula is C21H28N2O5. The number of aliphatic hydroxyl groups excluding tert-OH is 1. The van der Waals surface area contributed by atoms with E-state index in [9.17, 15) is 15.0 Å². The molecule has 2 aliphatic carbocycles. The summed E-state index contributed by atoms with van der Waals surface area (Å²) >= 11 is 0.